The molecule has 1 aliphatic heterocycles. The van der Waals surface area contributed by atoms with Gasteiger partial charge in [-0.05, 0) is 31.5 Å². The number of amides is 3. The summed E-state index contributed by atoms with van der Waals surface area (Å²) in [5, 5.41) is 6.35. The Labute approximate surface area is 170 Å². The van der Waals surface area contributed by atoms with E-state index in [0.717, 1.165) is 16.4 Å². The SMILES string of the molecule is CCOC(=O)c1nnsc1NC(=O)c1ccc2c(c1)C(=O)N(CCCOC)C2=O. The van der Waals surface area contributed by atoms with Crippen LogP contribution in [0, 0.1) is 0 Å². The third-order valence-corrected chi connectivity index (χ3v) is 4.79. The van der Waals surface area contributed by atoms with Crippen LogP contribution in [0.3, 0.4) is 0 Å². The number of methoxy groups -OCH3 is 1. The molecular weight excluding hydrogens is 400 g/mol. The fourth-order valence-electron chi connectivity index (χ4n) is 2.78. The molecule has 0 fully saturated rings. The predicted molar refractivity (Wildman–Crippen MR) is 102 cm³/mol. The first kappa shape index (κ1) is 20.6. The molecule has 10 nitrogen and oxygen atoms in total. The third kappa shape index (κ3) is 4.15. The molecule has 1 aromatic carbocycles. The Hall–Kier alpha value is -3.18. The second kappa shape index (κ2) is 8.88. The monoisotopic (exact) mass is 418 g/mol. The van der Waals surface area contributed by atoms with E-state index in [1.165, 1.54) is 18.2 Å². The van der Waals surface area contributed by atoms with Crippen LogP contribution >= 0.6 is 11.5 Å². The number of carbonyl (C=O) groups is 4. The van der Waals surface area contributed by atoms with Crippen molar-refractivity contribution in [1.82, 2.24) is 14.5 Å². The van der Waals surface area contributed by atoms with Gasteiger partial charge in [0.05, 0.1) is 17.7 Å². The maximum absolute atomic E-state index is 12.6. The van der Waals surface area contributed by atoms with E-state index in [0.29, 0.717) is 13.0 Å². The molecule has 0 radical (unpaired) electrons. The first-order chi connectivity index (χ1) is 14.0. The number of anilines is 1. The largest absolute Gasteiger partial charge is 0.461 e. The normalized spacial score (nSPS) is 12.8. The van der Waals surface area contributed by atoms with E-state index in [1.807, 2.05) is 0 Å². The first-order valence-corrected chi connectivity index (χ1v) is 9.55. The summed E-state index contributed by atoms with van der Waals surface area (Å²) >= 11 is 0.830. The Morgan fingerprint density at radius 1 is 1.21 bits per heavy atom. The fraction of sp³-hybridized carbons (Fsp3) is 0.333. The number of hydrogen-bond donors (Lipinski definition) is 1. The van der Waals surface area contributed by atoms with E-state index in [4.69, 9.17) is 9.47 Å². The molecule has 3 rings (SSSR count). The summed E-state index contributed by atoms with van der Waals surface area (Å²) in [4.78, 5) is 50.6. The number of aromatic nitrogens is 2. The van der Waals surface area contributed by atoms with Gasteiger partial charge in [-0.15, -0.1) is 5.10 Å². The van der Waals surface area contributed by atoms with E-state index >= 15 is 0 Å². The molecule has 2 heterocycles. The van der Waals surface area contributed by atoms with Crippen molar-refractivity contribution in [1.29, 1.82) is 0 Å². The van der Waals surface area contributed by atoms with E-state index < -0.39 is 23.7 Å². The average molecular weight is 418 g/mol. The number of carbonyl (C=O) groups excluding carboxylic acids is 4. The van der Waals surface area contributed by atoms with Crippen molar-refractivity contribution in [3.8, 4) is 0 Å². The highest BCUT2D eigenvalue weighted by Gasteiger charge is 2.35. The number of nitrogens with zero attached hydrogens (tertiary/aromatic N) is 3. The zero-order valence-electron chi connectivity index (χ0n) is 15.8. The summed E-state index contributed by atoms with van der Waals surface area (Å²) in [7, 11) is 1.54. The molecule has 1 N–H and O–H groups in total. The molecule has 0 spiro atoms. The van der Waals surface area contributed by atoms with Gasteiger partial charge in [-0.1, -0.05) is 4.49 Å². The van der Waals surface area contributed by atoms with Gasteiger partial charge in [0.2, 0.25) is 5.69 Å². The van der Waals surface area contributed by atoms with Crippen LogP contribution in [0.4, 0.5) is 5.00 Å². The number of benzene rings is 1. The van der Waals surface area contributed by atoms with E-state index in [-0.39, 0.29) is 40.5 Å². The minimum absolute atomic E-state index is 0.0954. The van der Waals surface area contributed by atoms with Gasteiger partial charge in [-0.3, -0.25) is 19.3 Å². The summed E-state index contributed by atoms with van der Waals surface area (Å²) < 4.78 is 13.5. The number of hydrogen-bond acceptors (Lipinski definition) is 9. The smallest absolute Gasteiger partial charge is 0.362 e. The van der Waals surface area contributed by atoms with Crippen molar-refractivity contribution in [3.05, 3.63) is 40.6 Å². The zero-order valence-corrected chi connectivity index (χ0v) is 16.6. The highest BCUT2D eigenvalue weighted by atomic mass is 32.1. The number of rotatable bonds is 8. The van der Waals surface area contributed by atoms with Crippen LogP contribution in [0.2, 0.25) is 0 Å². The van der Waals surface area contributed by atoms with Gasteiger partial charge in [0, 0.05) is 37.4 Å². The van der Waals surface area contributed by atoms with Crippen LogP contribution in [0.1, 0.15) is 54.9 Å². The quantitative estimate of drug-likeness (QED) is 0.389. The Balaban J connectivity index is 1.77. The summed E-state index contributed by atoms with van der Waals surface area (Å²) in [5.41, 5.74) is 0.470. The Morgan fingerprint density at radius 2 is 1.97 bits per heavy atom. The molecule has 3 amide bonds. The minimum atomic E-state index is -0.696. The lowest BCUT2D eigenvalue weighted by molar-refractivity contribution is 0.0519. The summed E-state index contributed by atoms with van der Waals surface area (Å²) in [6.07, 6.45) is 0.518. The fourth-order valence-corrected chi connectivity index (χ4v) is 3.34. The van der Waals surface area contributed by atoms with Gasteiger partial charge in [0.1, 0.15) is 0 Å². The molecular formula is C18H18N4O6S. The Kier molecular flexibility index (Phi) is 6.29. The van der Waals surface area contributed by atoms with Gasteiger partial charge < -0.3 is 14.8 Å². The van der Waals surface area contributed by atoms with Gasteiger partial charge in [0.15, 0.2) is 5.00 Å². The van der Waals surface area contributed by atoms with Crippen molar-refractivity contribution in [2.45, 2.75) is 13.3 Å². The maximum atomic E-state index is 12.6. The summed E-state index contributed by atoms with van der Waals surface area (Å²) in [5.74, 6) is -2.12. The highest BCUT2D eigenvalue weighted by molar-refractivity contribution is 7.10. The zero-order chi connectivity index (χ0) is 21.0. The van der Waals surface area contributed by atoms with Crippen LogP contribution in [0.15, 0.2) is 18.2 Å². The van der Waals surface area contributed by atoms with Crippen molar-refractivity contribution in [3.63, 3.8) is 0 Å². The lowest BCUT2D eigenvalue weighted by Gasteiger charge is -2.12. The minimum Gasteiger partial charge on any atom is -0.461 e. The van der Waals surface area contributed by atoms with Crippen molar-refractivity contribution in [2.75, 3.05) is 32.2 Å². The summed E-state index contributed by atoms with van der Waals surface area (Å²) in [6.45, 7) is 2.47. The van der Waals surface area contributed by atoms with Crippen molar-refractivity contribution < 1.29 is 28.7 Å². The molecule has 29 heavy (non-hydrogen) atoms. The number of nitrogens with one attached hydrogen (secondary N) is 1. The average Bonchev–Trinajstić information content (AvgIpc) is 3.26. The molecule has 2 aromatic rings. The first-order valence-electron chi connectivity index (χ1n) is 8.78. The van der Waals surface area contributed by atoms with E-state index in [1.54, 1.807) is 14.0 Å². The van der Waals surface area contributed by atoms with Crippen LogP contribution in [0.25, 0.3) is 0 Å². The Bertz CT molecular complexity index is 973. The number of fused-ring (bicyclic) bond motifs is 1. The molecule has 0 saturated carbocycles. The van der Waals surface area contributed by atoms with Gasteiger partial charge in [-0.2, -0.15) is 0 Å². The highest BCUT2D eigenvalue weighted by Crippen LogP contribution is 2.25. The van der Waals surface area contributed by atoms with Crippen LogP contribution < -0.4 is 5.32 Å². The predicted octanol–water partition coefficient (Wildman–Crippen LogP) is 1.60. The molecule has 1 aromatic heterocycles. The molecule has 1 aliphatic rings. The number of ether oxygens (including phenoxy) is 2. The van der Waals surface area contributed by atoms with Crippen LogP contribution in [0.5, 0.6) is 0 Å². The van der Waals surface area contributed by atoms with E-state index in [9.17, 15) is 19.2 Å². The lowest BCUT2D eigenvalue weighted by atomic mass is 10.1. The summed E-state index contributed by atoms with van der Waals surface area (Å²) in [6, 6.07) is 4.24. The molecule has 152 valence electrons. The molecule has 0 aliphatic carbocycles. The van der Waals surface area contributed by atoms with Gasteiger partial charge in [0.25, 0.3) is 17.7 Å². The van der Waals surface area contributed by atoms with Crippen molar-refractivity contribution in [2.24, 2.45) is 0 Å². The molecule has 11 heteroatoms. The second-order valence-corrected chi connectivity index (χ2v) is 6.75. The molecule has 0 bridgehead atoms. The van der Waals surface area contributed by atoms with Crippen molar-refractivity contribution >= 4 is 40.2 Å². The topological polar surface area (TPSA) is 128 Å². The van der Waals surface area contributed by atoms with Crippen LogP contribution in [-0.4, -0.2) is 65.0 Å². The van der Waals surface area contributed by atoms with Gasteiger partial charge in [-0.25, -0.2) is 4.79 Å². The van der Waals surface area contributed by atoms with Crippen LogP contribution in [-0.2, 0) is 9.47 Å². The number of esters is 1. The molecule has 0 atom stereocenters. The third-order valence-electron chi connectivity index (χ3n) is 4.15. The second-order valence-electron chi connectivity index (χ2n) is 5.99. The standard InChI is InChI=1S/C18H18N4O6S/c1-3-28-18(26)13-15(29-21-20-13)19-14(23)10-5-6-11-12(9-10)17(25)22(16(11)24)7-4-8-27-2/h5-6,9H,3-4,7-8H2,1-2H3,(H,19,23). The lowest BCUT2D eigenvalue weighted by Crippen LogP contribution is -2.31. The molecule has 0 saturated heterocycles. The Morgan fingerprint density at radius 3 is 2.69 bits per heavy atom. The van der Waals surface area contributed by atoms with E-state index in [2.05, 4.69) is 14.9 Å². The molecule has 0 unspecified atom stereocenters. The maximum Gasteiger partial charge on any atom is 0.362 e. The number of imide groups is 1. The van der Waals surface area contributed by atoms with Gasteiger partial charge >= 0.3 is 5.97 Å².